The molecule has 0 aromatic heterocycles. The highest BCUT2D eigenvalue weighted by molar-refractivity contribution is 7.79. The molecule has 0 saturated carbocycles. The molecule has 0 bridgehead atoms. The summed E-state index contributed by atoms with van der Waals surface area (Å²) in [6, 6.07) is 41.0. The first-order chi connectivity index (χ1) is 25.2. The van der Waals surface area contributed by atoms with E-state index in [0.29, 0.717) is 11.5 Å². The van der Waals surface area contributed by atoms with Crippen LogP contribution in [-0.2, 0) is 0 Å². The van der Waals surface area contributed by atoms with Crippen LogP contribution in [0.25, 0.3) is 0 Å². The zero-order valence-corrected chi connectivity index (χ0v) is 29.6. The Bertz CT molecular complexity index is 2060. The minimum Gasteiger partial charge on any atom is -0.508 e. The average Bonchev–Trinajstić information content (AvgIpc) is 3.13. The third-order valence-corrected chi connectivity index (χ3v) is 15.0. The summed E-state index contributed by atoms with van der Waals surface area (Å²) in [5.41, 5.74) is 0. The second-order valence-corrected chi connectivity index (χ2v) is 17.1. The molecule has 264 valence electrons. The van der Waals surface area contributed by atoms with Crippen LogP contribution < -0.4 is 27.1 Å². The number of phenolic OH excluding ortho intramolecular Hbond substituents is 4. The van der Waals surface area contributed by atoms with E-state index in [1.54, 1.807) is 48.5 Å². The lowest BCUT2D eigenvalue weighted by atomic mass is 10.3. The van der Waals surface area contributed by atoms with E-state index in [2.05, 4.69) is 0 Å². The predicted octanol–water partition coefficient (Wildman–Crippen LogP) is 11.1. The Morgan fingerprint density at radius 3 is 0.673 bits per heavy atom. The van der Waals surface area contributed by atoms with Crippen molar-refractivity contribution < 1.29 is 47.6 Å². The van der Waals surface area contributed by atoms with E-state index in [-0.39, 0.29) is 46.0 Å². The van der Waals surface area contributed by atoms with E-state index in [4.69, 9.17) is 40.7 Å². The quantitative estimate of drug-likeness (QED) is 0.0880. The molecule has 4 N–H and O–H groups in total. The van der Waals surface area contributed by atoms with Crippen LogP contribution in [0.4, 0.5) is 0 Å². The summed E-state index contributed by atoms with van der Waals surface area (Å²) in [6.45, 7) is 0. The van der Waals surface area contributed by atoms with Crippen molar-refractivity contribution in [1.82, 2.24) is 0 Å². The molecule has 6 aromatic carbocycles. The maximum atomic E-state index is 10.1. The molecule has 0 unspecified atom stereocenters. The maximum absolute atomic E-state index is 10.1. The molecular formula is C36H30N3O10P3. The number of hydrogen-bond acceptors (Lipinski definition) is 13. The van der Waals surface area contributed by atoms with Crippen molar-refractivity contribution in [3.8, 4) is 57.5 Å². The summed E-state index contributed by atoms with van der Waals surface area (Å²) in [7, 11) is -12.5. The Hall–Kier alpha value is -5.99. The summed E-state index contributed by atoms with van der Waals surface area (Å²) in [5, 5.41) is 40.3. The molecule has 1 heterocycles. The standard InChI is InChI=1S/C36H30N3O10P3/c40-27-11-19-33(20-12-27)46-51(47-34-21-13-28(41)14-22-34)37-50(44-31-7-3-1-4-8-31,45-32-9-5-2-6-10-32)38-52(39-51,48-35-23-15-29(42)16-24-35)49-36-25-17-30(43)18-26-36/h1-26,40-43H. The first-order valence-corrected chi connectivity index (χ1v) is 20.1. The van der Waals surface area contributed by atoms with Crippen molar-refractivity contribution >= 4 is 23.0 Å². The van der Waals surface area contributed by atoms with Gasteiger partial charge < -0.3 is 47.6 Å². The molecule has 0 saturated heterocycles. The van der Waals surface area contributed by atoms with Gasteiger partial charge in [0.2, 0.25) is 0 Å². The normalized spacial score (nSPS) is 15.0. The van der Waals surface area contributed by atoms with Gasteiger partial charge >= 0.3 is 23.0 Å². The molecule has 6 aromatic rings. The third-order valence-electron chi connectivity index (χ3n) is 6.86. The molecule has 1 aliphatic rings. The van der Waals surface area contributed by atoms with E-state index in [9.17, 15) is 20.4 Å². The van der Waals surface area contributed by atoms with E-state index < -0.39 is 23.0 Å². The van der Waals surface area contributed by atoms with Crippen molar-refractivity contribution in [3.05, 3.63) is 158 Å². The number of para-hydroxylation sites is 2. The summed E-state index contributed by atoms with van der Waals surface area (Å²) in [6.07, 6.45) is 0. The van der Waals surface area contributed by atoms with Crippen LogP contribution >= 0.6 is 23.0 Å². The zero-order valence-electron chi connectivity index (χ0n) is 26.9. The number of phenols is 4. The van der Waals surface area contributed by atoms with Crippen LogP contribution in [-0.4, -0.2) is 20.4 Å². The fraction of sp³-hybridized carbons (Fsp3) is 0. The number of rotatable bonds is 12. The summed E-state index contributed by atoms with van der Waals surface area (Å²) >= 11 is 0. The lowest BCUT2D eigenvalue weighted by Gasteiger charge is -2.33. The number of nitrogens with zero attached hydrogens (tertiary/aromatic N) is 3. The molecule has 16 heteroatoms. The highest BCUT2D eigenvalue weighted by Gasteiger charge is 2.49. The predicted molar refractivity (Wildman–Crippen MR) is 197 cm³/mol. The van der Waals surface area contributed by atoms with E-state index in [0.717, 1.165) is 0 Å². The first kappa shape index (κ1) is 34.5. The molecule has 0 atom stereocenters. The van der Waals surface area contributed by atoms with Gasteiger partial charge in [0.05, 0.1) is 0 Å². The van der Waals surface area contributed by atoms with Gasteiger partial charge in [-0.15, -0.1) is 0 Å². The molecule has 0 spiro atoms. The second-order valence-electron chi connectivity index (χ2n) is 10.9. The second kappa shape index (κ2) is 14.7. The van der Waals surface area contributed by atoms with Crippen molar-refractivity contribution in [1.29, 1.82) is 0 Å². The van der Waals surface area contributed by atoms with Crippen LogP contribution in [0.2, 0.25) is 0 Å². The summed E-state index contributed by atoms with van der Waals surface area (Å²) < 4.78 is 54.8. The Morgan fingerprint density at radius 2 is 0.462 bits per heavy atom. The Balaban J connectivity index is 1.56. The van der Waals surface area contributed by atoms with Crippen LogP contribution in [0.1, 0.15) is 0 Å². The highest BCUT2D eigenvalue weighted by Crippen LogP contribution is 2.78. The molecule has 0 amide bonds. The molecule has 0 aliphatic carbocycles. The maximum Gasteiger partial charge on any atom is 0.460 e. The first-order valence-electron chi connectivity index (χ1n) is 15.5. The molecule has 13 nitrogen and oxygen atoms in total. The Kier molecular flexibility index (Phi) is 9.74. The zero-order chi connectivity index (χ0) is 36.0. The van der Waals surface area contributed by atoms with Crippen molar-refractivity contribution in [3.63, 3.8) is 0 Å². The van der Waals surface area contributed by atoms with Gasteiger partial charge in [-0.3, -0.25) is 0 Å². The summed E-state index contributed by atoms with van der Waals surface area (Å²) in [4.78, 5) is 0. The van der Waals surface area contributed by atoms with Gasteiger partial charge in [-0.1, -0.05) is 49.9 Å². The van der Waals surface area contributed by atoms with E-state index in [1.807, 2.05) is 12.1 Å². The van der Waals surface area contributed by atoms with Crippen LogP contribution in [0.15, 0.2) is 171 Å². The fourth-order valence-corrected chi connectivity index (χ4v) is 13.6. The molecule has 0 fully saturated rings. The van der Waals surface area contributed by atoms with Crippen LogP contribution in [0, 0.1) is 0 Å². The molecular weight excluding hydrogens is 727 g/mol. The van der Waals surface area contributed by atoms with Gasteiger partial charge in [-0.25, -0.2) is 0 Å². The lowest BCUT2D eigenvalue weighted by molar-refractivity contribution is 0.438. The van der Waals surface area contributed by atoms with Gasteiger partial charge in [-0.05, 0) is 121 Å². The van der Waals surface area contributed by atoms with Crippen molar-refractivity contribution in [2.45, 2.75) is 0 Å². The van der Waals surface area contributed by atoms with E-state index >= 15 is 0 Å². The monoisotopic (exact) mass is 757 g/mol. The van der Waals surface area contributed by atoms with Gasteiger partial charge in [-0.2, -0.15) is 0 Å². The van der Waals surface area contributed by atoms with Crippen molar-refractivity contribution in [2.24, 2.45) is 13.5 Å². The van der Waals surface area contributed by atoms with Crippen molar-refractivity contribution in [2.75, 3.05) is 0 Å². The molecule has 52 heavy (non-hydrogen) atoms. The number of hydrogen-bond donors (Lipinski definition) is 4. The molecule has 0 radical (unpaired) electrons. The minimum atomic E-state index is -4.18. The largest absolute Gasteiger partial charge is 0.508 e. The average molecular weight is 758 g/mol. The smallest absolute Gasteiger partial charge is 0.460 e. The SMILES string of the molecule is Oc1ccc(OP2(Oc3ccc(O)cc3)=NP(Oc3ccccc3)(Oc3ccccc3)=NP(Oc3ccc(O)cc3)(Oc3ccc(O)cc3)=N2)cc1. The fourth-order valence-electron chi connectivity index (χ4n) is 4.57. The topological polar surface area (TPSA) is 173 Å². The Labute approximate surface area is 298 Å². The number of benzene rings is 6. The van der Waals surface area contributed by atoms with E-state index in [1.165, 1.54) is 97.1 Å². The molecule has 1 aliphatic heterocycles. The Morgan fingerprint density at radius 1 is 0.269 bits per heavy atom. The highest BCUT2D eigenvalue weighted by atomic mass is 31.3. The van der Waals surface area contributed by atoms with Gasteiger partial charge in [0, 0.05) is 0 Å². The van der Waals surface area contributed by atoms with Gasteiger partial charge in [0.25, 0.3) is 0 Å². The lowest BCUT2D eigenvalue weighted by Crippen LogP contribution is -2.11. The van der Waals surface area contributed by atoms with Crippen LogP contribution in [0.5, 0.6) is 57.5 Å². The molecule has 7 rings (SSSR count). The third kappa shape index (κ3) is 8.48. The van der Waals surface area contributed by atoms with Gasteiger partial charge in [0.1, 0.15) is 57.5 Å². The minimum absolute atomic E-state index is 0.0125. The summed E-state index contributed by atoms with van der Waals surface area (Å²) in [5.74, 6) is 1.41. The van der Waals surface area contributed by atoms with Gasteiger partial charge in [0.15, 0.2) is 0 Å². The number of aromatic hydroxyl groups is 4. The van der Waals surface area contributed by atoms with Crippen LogP contribution in [0.3, 0.4) is 0 Å².